The van der Waals surface area contributed by atoms with E-state index in [-0.39, 0.29) is 6.03 Å². The topological polar surface area (TPSA) is 71.3 Å². The lowest BCUT2D eigenvalue weighted by Crippen LogP contribution is -2.46. The summed E-state index contributed by atoms with van der Waals surface area (Å²) in [5.74, 6) is 0.896. The van der Waals surface area contributed by atoms with Gasteiger partial charge >= 0.3 is 6.03 Å². The number of thioether (sulfide) groups is 1. The molecule has 0 fully saturated rings. The zero-order valence-corrected chi connectivity index (χ0v) is 19.8. The second-order valence-corrected chi connectivity index (χ2v) is 8.91. The van der Waals surface area contributed by atoms with E-state index in [9.17, 15) is 4.79 Å². The molecule has 32 heavy (non-hydrogen) atoms. The number of hydrogen-bond acceptors (Lipinski definition) is 5. The van der Waals surface area contributed by atoms with E-state index in [4.69, 9.17) is 21.1 Å². The number of unbranched alkanes of at least 4 members (excludes halogenated alkanes) is 1. The molecule has 2 amide bonds. The molecule has 6 nitrogen and oxygen atoms in total. The van der Waals surface area contributed by atoms with Gasteiger partial charge in [0, 0.05) is 27.7 Å². The number of urea groups is 1. The highest BCUT2D eigenvalue weighted by Gasteiger charge is 2.35. The van der Waals surface area contributed by atoms with Crippen LogP contribution >= 0.6 is 23.4 Å². The number of allylic oxidation sites excluding steroid dienone is 1. The lowest BCUT2D eigenvalue weighted by atomic mass is 9.94. The van der Waals surface area contributed by atoms with Crippen LogP contribution in [-0.2, 0) is 0 Å². The molecule has 1 unspecified atom stereocenters. The van der Waals surface area contributed by atoms with Gasteiger partial charge in [-0.25, -0.2) is 4.79 Å². The van der Waals surface area contributed by atoms with Crippen molar-refractivity contribution in [1.29, 1.82) is 0 Å². The van der Waals surface area contributed by atoms with Gasteiger partial charge in [-0.15, -0.1) is 11.8 Å². The van der Waals surface area contributed by atoms with Crippen molar-refractivity contribution < 1.29 is 9.32 Å². The molecule has 2 heterocycles. The summed E-state index contributed by atoms with van der Waals surface area (Å²) in [6.45, 7) is 4.65. The number of rotatable bonds is 7. The first-order valence-electron chi connectivity index (χ1n) is 10.5. The molecule has 0 saturated carbocycles. The van der Waals surface area contributed by atoms with E-state index in [1.165, 1.54) is 4.90 Å². The van der Waals surface area contributed by atoms with E-state index in [1.807, 2.05) is 61.7 Å². The third-order valence-corrected chi connectivity index (χ3v) is 6.50. The summed E-state index contributed by atoms with van der Waals surface area (Å²) < 4.78 is 5.72. The molecule has 0 saturated heterocycles. The maximum Gasteiger partial charge on any atom is 0.322 e. The molecule has 166 valence electrons. The molecular formula is C24H25ClN4O2S. The van der Waals surface area contributed by atoms with Crippen molar-refractivity contribution in [2.45, 2.75) is 37.6 Å². The lowest BCUT2D eigenvalue weighted by Gasteiger charge is -2.35. The highest BCUT2D eigenvalue weighted by atomic mass is 35.5. The Morgan fingerprint density at radius 3 is 2.69 bits per heavy atom. The summed E-state index contributed by atoms with van der Waals surface area (Å²) in [6.07, 6.45) is 3.92. The second-order valence-electron chi connectivity index (χ2n) is 7.59. The number of nitrogens with one attached hydrogen (secondary N) is 1. The van der Waals surface area contributed by atoms with Gasteiger partial charge in [0.15, 0.2) is 0 Å². The minimum absolute atomic E-state index is 0.142. The molecule has 0 bridgehead atoms. The Balaban J connectivity index is 1.78. The standard InChI is InChI=1S/C24H25ClN4O2S/c1-4-5-13-29-15(2)20(21(26-24(29)30)17-7-6-8-18(25)14-17)23-27-22(28-31-23)16-9-11-19(32-3)12-10-16/h6-12,14,21H,4-5,13H2,1-3H3,(H,26,30). The van der Waals surface area contributed by atoms with E-state index >= 15 is 0 Å². The first kappa shape index (κ1) is 22.4. The third-order valence-electron chi connectivity index (χ3n) is 5.52. The highest BCUT2D eigenvalue weighted by Crippen LogP contribution is 2.38. The van der Waals surface area contributed by atoms with Gasteiger partial charge in [0.05, 0.1) is 11.6 Å². The summed E-state index contributed by atoms with van der Waals surface area (Å²) in [5, 5.41) is 7.92. The fraction of sp³-hybridized carbons (Fsp3) is 0.292. The molecule has 1 aromatic heterocycles. The molecule has 4 rings (SSSR count). The van der Waals surface area contributed by atoms with Crippen molar-refractivity contribution in [3.63, 3.8) is 0 Å². The lowest BCUT2D eigenvalue weighted by molar-refractivity contribution is 0.204. The Morgan fingerprint density at radius 2 is 2.00 bits per heavy atom. The Bertz CT molecular complexity index is 1140. The molecule has 0 radical (unpaired) electrons. The monoisotopic (exact) mass is 468 g/mol. The van der Waals surface area contributed by atoms with Crippen molar-refractivity contribution in [1.82, 2.24) is 20.4 Å². The molecule has 0 spiro atoms. The van der Waals surface area contributed by atoms with Crippen LogP contribution in [-0.4, -0.2) is 33.9 Å². The zero-order chi connectivity index (χ0) is 22.7. The molecule has 1 aliphatic rings. The molecule has 2 aromatic carbocycles. The first-order valence-corrected chi connectivity index (χ1v) is 12.1. The quantitative estimate of drug-likeness (QED) is 0.405. The highest BCUT2D eigenvalue weighted by molar-refractivity contribution is 7.98. The van der Waals surface area contributed by atoms with Gasteiger partial charge in [0.2, 0.25) is 5.82 Å². The number of hydrogen-bond donors (Lipinski definition) is 1. The number of amides is 2. The summed E-state index contributed by atoms with van der Waals surface area (Å²) in [4.78, 5) is 20.5. The van der Waals surface area contributed by atoms with Gasteiger partial charge in [0.25, 0.3) is 5.89 Å². The van der Waals surface area contributed by atoms with Gasteiger partial charge in [-0.2, -0.15) is 4.98 Å². The van der Waals surface area contributed by atoms with Crippen LogP contribution in [0.25, 0.3) is 17.0 Å². The summed E-state index contributed by atoms with van der Waals surface area (Å²) in [5.41, 5.74) is 3.32. The van der Waals surface area contributed by atoms with Crippen molar-refractivity contribution in [3.05, 3.63) is 70.7 Å². The molecular weight excluding hydrogens is 444 g/mol. The second kappa shape index (κ2) is 9.79. The van der Waals surface area contributed by atoms with Gasteiger partial charge in [-0.1, -0.05) is 42.2 Å². The zero-order valence-electron chi connectivity index (χ0n) is 18.3. The largest absolute Gasteiger partial charge is 0.334 e. The fourth-order valence-corrected chi connectivity index (χ4v) is 4.38. The van der Waals surface area contributed by atoms with E-state index in [0.29, 0.717) is 23.3 Å². The average molecular weight is 469 g/mol. The normalized spacial score (nSPS) is 16.4. The molecule has 1 N–H and O–H groups in total. The number of halogens is 1. The van der Waals surface area contributed by atoms with Crippen LogP contribution in [0.1, 0.15) is 44.2 Å². The Kier molecular flexibility index (Phi) is 6.86. The van der Waals surface area contributed by atoms with Crippen LogP contribution < -0.4 is 5.32 Å². The number of benzene rings is 2. The van der Waals surface area contributed by atoms with Crippen LogP contribution in [0.15, 0.2) is 63.6 Å². The summed E-state index contributed by atoms with van der Waals surface area (Å²) >= 11 is 7.92. The number of carbonyl (C=O) groups excluding carboxylic acids is 1. The number of carbonyl (C=O) groups is 1. The minimum atomic E-state index is -0.439. The Labute approximate surface area is 197 Å². The van der Waals surface area contributed by atoms with Crippen molar-refractivity contribution in [3.8, 4) is 11.4 Å². The number of aromatic nitrogens is 2. The van der Waals surface area contributed by atoms with Crippen LogP contribution in [0, 0.1) is 0 Å². The minimum Gasteiger partial charge on any atom is -0.334 e. The Morgan fingerprint density at radius 1 is 1.22 bits per heavy atom. The Hall–Kier alpha value is -2.77. The smallest absolute Gasteiger partial charge is 0.322 e. The third kappa shape index (κ3) is 4.54. The van der Waals surface area contributed by atoms with Gasteiger partial charge < -0.3 is 9.84 Å². The fourth-order valence-electron chi connectivity index (χ4n) is 3.77. The summed E-state index contributed by atoms with van der Waals surface area (Å²) in [7, 11) is 0. The van der Waals surface area contributed by atoms with Crippen molar-refractivity contribution in [2.24, 2.45) is 0 Å². The molecule has 1 aliphatic heterocycles. The van der Waals surface area contributed by atoms with Crippen LogP contribution in [0.5, 0.6) is 0 Å². The molecule has 0 aliphatic carbocycles. The predicted octanol–water partition coefficient (Wildman–Crippen LogP) is 6.41. The SMILES string of the molecule is CCCCN1C(=O)NC(c2cccc(Cl)c2)C(c2nc(-c3ccc(SC)cc3)no2)=C1C. The summed E-state index contributed by atoms with van der Waals surface area (Å²) in [6, 6.07) is 14.9. The van der Waals surface area contributed by atoms with E-state index < -0.39 is 6.04 Å². The molecule has 8 heteroatoms. The number of nitrogens with zero attached hydrogens (tertiary/aromatic N) is 3. The van der Waals surface area contributed by atoms with Gasteiger partial charge in [0.1, 0.15) is 0 Å². The van der Waals surface area contributed by atoms with Crippen molar-refractivity contribution >= 4 is 35.0 Å². The van der Waals surface area contributed by atoms with E-state index in [1.54, 1.807) is 16.7 Å². The molecule has 3 aromatic rings. The maximum absolute atomic E-state index is 12.9. The van der Waals surface area contributed by atoms with E-state index in [0.717, 1.165) is 35.2 Å². The molecule has 1 atom stereocenters. The predicted molar refractivity (Wildman–Crippen MR) is 128 cm³/mol. The maximum atomic E-state index is 12.9. The van der Waals surface area contributed by atoms with Crippen molar-refractivity contribution in [2.75, 3.05) is 12.8 Å². The average Bonchev–Trinajstić information content (AvgIpc) is 3.28. The van der Waals surface area contributed by atoms with Gasteiger partial charge in [-0.3, -0.25) is 4.90 Å². The van der Waals surface area contributed by atoms with Crippen LogP contribution in [0.3, 0.4) is 0 Å². The van der Waals surface area contributed by atoms with Crippen LogP contribution in [0.4, 0.5) is 4.79 Å². The van der Waals surface area contributed by atoms with Gasteiger partial charge in [-0.05, 0) is 61.6 Å². The van der Waals surface area contributed by atoms with E-state index in [2.05, 4.69) is 17.4 Å². The van der Waals surface area contributed by atoms with Crippen LogP contribution in [0.2, 0.25) is 5.02 Å². The first-order chi connectivity index (χ1) is 15.5.